The number of amides is 1. The summed E-state index contributed by atoms with van der Waals surface area (Å²) in [6.45, 7) is 1.43. The van der Waals surface area contributed by atoms with Crippen molar-refractivity contribution in [1.29, 1.82) is 0 Å². The zero-order valence-corrected chi connectivity index (χ0v) is 6.31. The lowest BCUT2D eigenvalue weighted by Gasteiger charge is -2.01. The summed E-state index contributed by atoms with van der Waals surface area (Å²) in [6.07, 6.45) is -1.59. The summed E-state index contributed by atoms with van der Waals surface area (Å²) in [5.41, 5.74) is 0. The van der Waals surface area contributed by atoms with Gasteiger partial charge in [-0.2, -0.15) is 0 Å². The molecule has 0 aliphatic heterocycles. The van der Waals surface area contributed by atoms with E-state index in [0.717, 1.165) is 6.42 Å². The second kappa shape index (κ2) is 3.15. The van der Waals surface area contributed by atoms with E-state index in [1.807, 2.05) is 6.92 Å². The topological polar surface area (TPSA) is 29.1 Å². The third-order valence-corrected chi connectivity index (χ3v) is 1.88. The van der Waals surface area contributed by atoms with Crippen LogP contribution in [0.3, 0.4) is 0 Å². The molecule has 1 rings (SSSR count). The van der Waals surface area contributed by atoms with Crippen molar-refractivity contribution in [2.75, 3.05) is 6.54 Å². The van der Waals surface area contributed by atoms with Crippen LogP contribution in [0, 0.1) is 11.8 Å². The third kappa shape index (κ3) is 2.44. The molecular weight excluding hydrogens is 152 g/mol. The van der Waals surface area contributed by atoms with E-state index < -0.39 is 13.0 Å². The van der Waals surface area contributed by atoms with Crippen LogP contribution >= 0.6 is 0 Å². The van der Waals surface area contributed by atoms with Crippen LogP contribution in [0.15, 0.2) is 0 Å². The van der Waals surface area contributed by atoms with Crippen molar-refractivity contribution in [3.63, 3.8) is 0 Å². The van der Waals surface area contributed by atoms with Crippen LogP contribution in [0.1, 0.15) is 13.3 Å². The molecular formula is C7H11F2NO. The molecule has 0 aromatic carbocycles. The minimum Gasteiger partial charge on any atom is -0.350 e. The van der Waals surface area contributed by atoms with Crippen molar-refractivity contribution in [1.82, 2.24) is 5.32 Å². The van der Waals surface area contributed by atoms with Gasteiger partial charge in [-0.25, -0.2) is 8.78 Å². The molecule has 0 aromatic rings. The quantitative estimate of drug-likeness (QED) is 0.661. The van der Waals surface area contributed by atoms with Crippen molar-refractivity contribution in [2.45, 2.75) is 19.8 Å². The van der Waals surface area contributed by atoms with Gasteiger partial charge in [-0.3, -0.25) is 4.79 Å². The van der Waals surface area contributed by atoms with Gasteiger partial charge in [0.15, 0.2) is 0 Å². The summed E-state index contributed by atoms with van der Waals surface area (Å²) < 4.78 is 23.1. The largest absolute Gasteiger partial charge is 0.350 e. The van der Waals surface area contributed by atoms with Gasteiger partial charge in [0.1, 0.15) is 0 Å². The van der Waals surface area contributed by atoms with Crippen LogP contribution in [0.2, 0.25) is 0 Å². The monoisotopic (exact) mass is 163 g/mol. The standard InChI is InChI=1S/C7H11F2NO/c1-4-2-5(4)7(11)10-3-6(8)9/h4-6H,2-3H2,1H3,(H,10,11). The van der Waals surface area contributed by atoms with E-state index in [-0.39, 0.29) is 11.8 Å². The molecule has 0 radical (unpaired) electrons. The Morgan fingerprint density at radius 3 is 2.64 bits per heavy atom. The molecule has 1 fully saturated rings. The lowest BCUT2D eigenvalue weighted by molar-refractivity contribution is -0.123. The normalized spacial score (nSPS) is 28.7. The molecule has 64 valence electrons. The number of alkyl halides is 2. The number of nitrogens with one attached hydrogen (secondary N) is 1. The summed E-state index contributed by atoms with van der Waals surface area (Å²) in [5.74, 6) is 0.152. The SMILES string of the molecule is CC1CC1C(=O)NCC(F)F. The lowest BCUT2D eigenvalue weighted by atomic mass is 10.3. The number of carbonyl (C=O) groups excluding carboxylic acids is 1. The number of carbonyl (C=O) groups is 1. The van der Waals surface area contributed by atoms with Crippen molar-refractivity contribution >= 4 is 5.91 Å². The van der Waals surface area contributed by atoms with Gasteiger partial charge < -0.3 is 5.32 Å². The average molecular weight is 163 g/mol. The number of halogens is 2. The first-order chi connectivity index (χ1) is 5.11. The highest BCUT2D eigenvalue weighted by atomic mass is 19.3. The van der Waals surface area contributed by atoms with Gasteiger partial charge in [-0.05, 0) is 12.3 Å². The molecule has 1 N–H and O–H groups in total. The molecule has 0 heterocycles. The zero-order valence-electron chi connectivity index (χ0n) is 6.31. The van der Waals surface area contributed by atoms with Gasteiger partial charge in [0.05, 0.1) is 6.54 Å². The van der Waals surface area contributed by atoms with Crippen LogP contribution in [0.25, 0.3) is 0 Å². The van der Waals surface area contributed by atoms with Gasteiger partial charge in [0.25, 0.3) is 6.43 Å². The van der Waals surface area contributed by atoms with E-state index >= 15 is 0 Å². The molecule has 1 aliphatic carbocycles. The van der Waals surface area contributed by atoms with Crippen LogP contribution in [0.4, 0.5) is 8.78 Å². The van der Waals surface area contributed by atoms with E-state index in [1.165, 1.54) is 0 Å². The molecule has 0 saturated heterocycles. The number of hydrogen-bond acceptors (Lipinski definition) is 1. The summed E-state index contributed by atoms with van der Waals surface area (Å²) in [6, 6.07) is 0. The molecule has 0 aromatic heterocycles. The maximum Gasteiger partial charge on any atom is 0.255 e. The van der Waals surface area contributed by atoms with E-state index in [9.17, 15) is 13.6 Å². The van der Waals surface area contributed by atoms with Crippen molar-refractivity contribution in [2.24, 2.45) is 11.8 Å². The fourth-order valence-electron chi connectivity index (χ4n) is 0.996. The molecule has 0 bridgehead atoms. The fourth-order valence-corrected chi connectivity index (χ4v) is 0.996. The first-order valence-electron chi connectivity index (χ1n) is 3.67. The summed E-state index contributed by atoms with van der Waals surface area (Å²) in [4.78, 5) is 10.9. The van der Waals surface area contributed by atoms with Gasteiger partial charge >= 0.3 is 0 Å². The molecule has 1 amide bonds. The molecule has 0 spiro atoms. The Kier molecular flexibility index (Phi) is 2.42. The maximum atomic E-state index is 11.6. The smallest absolute Gasteiger partial charge is 0.255 e. The third-order valence-electron chi connectivity index (χ3n) is 1.88. The van der Waals surface area contributed by atoms with Gasteiger partial charge in [0, 0.05) is 5.92 Å². The summed E-state index contributed by atoms with van der Waals surface area (Å²) >= 11 is 0. The second-order valence-electron chi connectivity index (χ2n) is 2.96. The molecule has 11 heavy (non-hydrogen) atoms. The highest BCUT2D eigenvalue weighted by molar-refractivity contribution is 5.81. The Bertz CT molecular complexity index is 161. The minimum absolute atomic E-state index is 0.00579. The first kappa shape index (κ1) is 8.43. The lowest BCUT2D eigenvalue weighted by Crippen LogP contribution is -2.30. The summed E-state index contributed by atoms with van der Waals surface area (Å²) in [5, 5.41) is 2.19. The Morgan fingerprint density at radius 1 is 1.73 bits per heavy atom. The van der Waals surface area contributed by atoms with Crippen LogP contribution in [-0.2, 0) is 4.79 Å². The van der Waals surface area contributed by atoms with Crippen LogP contribution in [0.5, 0.6) is 0 Å². The van der Waals surface area contributed by atoms with Crippen molar-refractivity contribution in [3.8, 4) is 0 Å². The average Bonchev–Trinajstić information content (AvgIpc) is 2.61. The zero-order chi connectivity index (χ0) is 8.43. The minimum atomic E-state index is -2.44. The fraction of sp³-hybridized carbons (Fsp3) is 0.857. The molecule has 1 aliphatic rings. The molecule has 1 saturated carbocycles. The van der Waals surface area contributed by atoms with Crippen molar-refractivity contribution in [3.05, 3.63) is 0 Å². The molecule has 2 atom stereocenters. The second-order valence-corrected chi connectivity index (χ2v) is 2.96. The molecule has 2 nitrogen and oxygen atoms in total. The Hall–Kier alpha value is -0.670. The number of rotatable bonds is 3. The Labute approximate surface area is 64.0 Å². The Balaban J connectivity index is 2.12. The molecule has 4 heteroatoms. The van der Waals surface area contributed by atoms with Crippen LogP contribution in [-0.4, -0.2) is 18.9 Å². The highest BCUT2D eigenvalue weighted by Gasteiger charge is 2.38. The van der Waals surface area contributed by atoms with E-state index in [2.05, 4.69) is 5.32 Å². The van der Waals surface area contributed by atoms with E-state index in [0.29, 0.717) is 5.92 Å². The predicted molar refractivity (Wildman–Crippen MR) is 36.3 cm³/mol. The number of hydrogen-bond donors (Lipinski definition) is 1. The highest BCUT2D eigenvalue weighted by Crippen LogP contribution is 2.37. The van der Waals surface area contributed by atoms with Crippen molar-refractivity contribution < 1.29 is 13.6 Å². The predicted octanol–water partition coefficient (Wildman–Crippen LogP) is 1.02. The van der Waals surface area contributed by atoms with E-state index in [1.54, 1.807) is 0 Å². The summed E-state index contributed by atoms with van der Waals surface area (Å²) in [7, 11) is 0. The maximum absolute atomic E-state index is 11.6. The van der Waals surface area contributed by atoms with Gasteiger partial charge in [-0.1, -0.05) is 6.92 Å². The van der Waals surface area contributed by atoms with E-state index in [4.69, 9.17) is 0 Å². The first-order valence-corrected chi connectivity index (χ1v) is 3.67. The van der Waals surface area contributed by atoms with Gasteiger partial charge in [-0.15, -0.1) is 0 Å². The Morgan fingerprint density at radius 2 is 2.27 bits per heavy atom. The van der Waals surface area contributed by atoms with Gasteiger partial charge in [0.2, 0.25) is 5.91 Å². The molecule has 2 unspecified atom stereocenters. The van der Waals surface area contributed by atoms with Crippen LogP contribution < -0.4 is 5.32 Å².